The number of hydrogen-bond donors (Lipinski definition) is 3. The molecule has 3 N–H and O–H groups in total. The number of anilines is 1. The zero-order valence-corrected chi connectivity index (χ0v) is 15.4. The molecule has 0 bridgehead atoms. The molecule has 138 valence electrons. The van der Waals surface area contributed by atoms with Gasteiger partial charge < -0.3 is 10.1 Å². The van der Waals surface area contributed by atoms with Gasteiger partial charge in [-0.3, -0.25) is 14.7 Å². The Morgan fingerprint density at radius 3 is 2.56 bits per heavy atom. The van der Waals surface area contributed by atoms with Crippen LogP contribution < -0.4 is 10.6 Å². The Balaban J connectivity index is 2.77. The molecule has 8 nitrogen and oxygen atoms in total. The van der Waals surface area contributed by atoms with Crippen molar-refractivity contribution in [3.8, 4) is 0 Å². The SMILES string of the molecule is C=CCOC(=O)Nc1ccc(C(=O)NCC(F)(F)S(=O)(=O)O)cc1I. The van der Waals surface area contributed by atoms with Gasteiger partial charge in [0.15, 0.2) is 0 Å². The van der Waals surface area contributed by atoms with Gasteiger partial charge in [0.25, 0.3) is 5.91 Å². The van der Waals surface area contributed by atoms with Crippen LogP contribution >= 0.6 is 22.6 Å². The number of rotatable bonds is 7. The third kappa shape index (κ3) is 6.21. The van der Waals surface area contributed by atoms with E-state index < -0.39 is 33.9 Å². The van der Waals surface area contributed by atoms with E-state index in [0.29, 0.717) is 9.26 Å². The molecule has 0 saturated carbocycles. The van der Waals surface area contributed by atoms with E-state index in [1.165, 1.54) is 24.3 Å². The summed E-state index contributed by atoms with van der Waals surface area (Å²) in [6.07, 6.45) is 0.628. The highest BCUT2D eigenvalue weighted by Crippen LogP contribution is 2.21. The van der Waals surface area contributed by atoms with E-state index in [1.807, 2.05) is 0 Å². The summed E-state index contributed by atoms with van der Waals surface area (Å²) in [7, 11) is -5.63. The van der Waals surface area contributed by atoms with Crippen molar-refractivity contribution in [1.82, 2.24) is 5.32 Å². The van der Waals surface area contributed by atoms with Crippen LogP contribution in [0.4, 0.5) is 19.3 Å². The smallest absolute Gasteiger partial charge is 0.411 e. The normalized spacial score (nSPS) is 11.5. The Bertz CT molecular complexity index is 785. The number of alkyl halides is 2. The quantitative estimate of drug-likeness (QED) is 0.306. The maximum Gasteiger partial charge on any atom is 0.411 e. The maximum absolute atomic E-state index is 13.1. The van der Waals surface area contributed by atoms with Crippen molar-refractivity contribution in [1.29, 1.82) is 0 Å². The number of carbonyl (C=O) groups excluding carboxylic acids is 2. The largest absolute Gasteiger partial charge is 0.445 e. The van der Waals surface area contributed by atoms with Crippen molar-refractivity contribution >= 4 is 50.4 Å². The number of halogens is 3. The zero-order valence-electron chi connectivity index (χ0n) is 12.5. The van der Waals surface area contributed by atoms with E-state index in [0.717, 1.165) is 0 Å². The Kier molecular flexibility index (Phi) is 7.25. The summed E-state index contributed by atoms with van der Waals surface area (Å²) in [5.74, 6) is -0.984. The van der Waals surface area contributed by atoms with Gasteiger partial charge in [-0.05, 0) is 40.8 Å². The van der Waals surface area contributed by atoms with Crippen LogP contribution in [-0.4, -0.2) is 43.4 Å². The molecule has 25 heavy (non-hydrogen) atoms. The second kappa shape index (κ2) is 8.53. The molecule has 2 amide bonds. The summed E-state index contributed by atoms with van der Waals surface area (Å²) in [4.78, 5) is 23.2. The highest BCUT2D eigenvalue weighted by molar-refractivity contribution is 14.1. The molecule has 1 aromatic carbocycles. The van der Waals surface area contributed by atoms with E-state index in [9.17, 15) is 26.8 Å². The molecular formula is C13H13F2IN2O6S. The summed E-state index contributed by atoms with van der Waals surface area (Å²) < 4.78 is 60.6. The maximum atomic E-state index is 13.1. The topological polar surface area (TPSA) is 122 Å². The van der Waals surface area contributed by atoms with E-state index in [4.69, 9.17) is 9.29 Å². The highest BCUT2D eigenvalue weighted by Gasteiger charge is 2.44. The lowest BCUT2D eigenvalue weighted by atomic mass is 10.2. The van der Waals surface area contributed by atoms with E-state index >= 15 is 0 Å². The van der Waals surface area contributed by atoms with Crippen LogP contribution in [0.1, 0.15) is 10.4 Å². The van der Waals surface area contributed by atoms with Crippen molar-refractivity contribution < 1.29 is 36.1 Å². The standard InChI is InChI=1S/C13H13F2IN2O6S/c1-2-5-24-12(20)18-10-4-3-8(6-9(10)16)11(19)17-7-13(14,15)25(21,22)23/h2-4,6H,1,5,7H2,(H,17,19)(H,18,20)(H,21,22,23). The molecule has 0 aliphatic heterocycles. The monoisotopic (exact) mass is 490 g/mol. The van der Waals surface area contributed by atoms with Crippen molar-refractivity contribution in [2.45, 2.75) is 5.25 Å². The third-order valence-electron chi connectivity index (χ3n) is 2.63. The molecule has 0 saturated heterocycles. The zero-order chi connectivity index (χ0) is 19.3. The highest BCUT2D eigenvalue weighted by atomic mass is 127. The number of benzene rings is 1. The Labute approximate surface area is 155 Å². The Morgan fingerprint density at radius 2 is 2.04 bits per heavy atom. The second-order valence-corrected chi connectivity index (χ2v) is 7.21. The van der Waals surface area contributed by atoms with Crippen LogP contribution in [0.5, 0.6) is 0 Å². The molecular weight excluding hydrogens is 477 g/mol. The van der Waals surface area contributed by atoms with E-state index in [-0.39, 0.29) is 12.2 Å². The fraction of sp³-hybridized carbons (Fsp3) is 0.231. The lowest BCUT2D eigenvalue weighted by Crippen LogP contribution is -2.41. The van der Waals surface area contributed by atoms with E-state index in [1.54, 1.807) is 27.9 Å². The van der Waals surface area contributed by atoms with Gasteiger partial charge in [-0.25, -0.2) is 4.79 Å². The van der Waals surface area contributed by atoms with Crippen LogP contribution in [-0.2, 0) is 14.9 Å². The average molecular weight is 490 g/mol. The molecule has 0 aliphatic carbocycles. The van der Waals surface area contributed by atoms with Gasteiger partial charge in [0.05, 0.1) is 12.2 Å². The van der Waals surface area contributed by atoms with Gasteiger partial charge in [0.1, 0.15) is 6.61 Å². The Hall–Kier alpha value is -1.80. The van der Waals surface area contributed by atoms with Crippen LogP contribution in [0.2, 0.25) is 0 Å². The first-order valence-corrected chi connectivity index (χ1v) is 8.97. The van der Waals surface area contributed by atoms with Crippen LogP contribution in [0, 0.1) is 3.57 Å². The third-order valence-corrected chi connectivity index (χ3v) is 4.42. The minimum Gasteiger partial charge on any atom is -0.445 e. The van der Waals surface area contributed by atoms with E-state index in [2.05, 4.69) is 11.9 Å². The second-order valence-electron chi connectivity index (χ2n) is 4.50. The minimum absolute atomic E-state index is 0.00484. The summed E-state index contributed by atoms with van der Waals surface area (Å²) in [6.45, 7) is 1.80. The first-order valence-electron chi connectivity index (χ1n) is 6.45. The van der Waals surface area contributed by atoms with Crippen LogP contribution in [0.25, 0.3) is 0 Å². The van der Waals surface area contributed by atoms with Gasteiger partial charge in [0.2, 0.25) is 0 Å². The molecule has 1 rings (SSSR count). The lowest BCUT2D eigenvalue weighted by molar-refractivity contribution is 0.0699. The molecule has 0 spiro atoms. The minimum atomic E-state index is -5.63. The molecule has 0 radical (unpaired) electrons. The molecule has 0 fully saturated rings. The lowest BCUT2D eigenvalue weighted by Gasteiger charge is -2.14. The fourth-order valence-corrected chi connectivity index (χ4v) is 2.32. The van der Waals surface area contributed by atoms with Crippen molar-refractivity contribution in [3.05, 3.63) is 40.0 Å². The van der Waals surface area contributed by atoms with Gasteiger partial charge in [0, 0.05) is 9.13 Å². The molecule has 0 aromatic heterocycles. The Morgan fingerprint density at radius 1 is 1.40 bits per heavy atom. The number of nitrogens with one attached hydrogen (secondary N) is 2. The summed E-state index contributed by atoms with van der Waals surface area (Å²) >= 11 is 1.79. The molecule has 0 atom stereocenters. The molecule has 0 heterocycles. The van der Waals surface area contributed by atoms with Crippen LogP contribution in [0.3, 0.4) is 0 Å². The molecule has 1 aromatic rings. The first-order chi connectivity index (χ1) is 11.5. The fourth-order valence-electron chi connectivity index (χ4n) is 1.41. The average Bonchev–Trinajstić information content (AvgIpc) is 2.51. The number of amides is 2. The number of ether oxygens (including phenoxy) is 1. The van der Waals surface area contributed by atoms with Crippen molar-refractivity contribution in [2.24, 2.45) is 0 Å². The van der Waals surface area contributed by atoms with Crippen LogP contribution in [0.15, 0.2) is 30.9 Å². The van der Waals surface area contributed by atoms with Gasteiger partial charge in [-0.15, -0.1) is 0 Å². The molecule has 0 aliphatic rings. The van der Waals surface area contributed by atoms with Crippen molar-refractivity contribution in [2.75, 3.05) is 18.5 Å². The molecule has 0 unspecified atom stereocenters. The predicted molar refractivity (Wildman–Crippen MR) is 93.2 cm³/mol. The van der Waals surface area contributed by atoms with Crippen molar-refractivity contribution in [3.63, 3.8) is 0 Å². The summed E-state index contributed by atoms with van der Waals surface area (Å²) in [5, 5.41) is -0.394. The summed E-state index contributed by atoms with van der Waals surface area (Å²) in [5.41, 5.74) is 0.259. The summed E-state index contributed by atoms with van der Waals surface area (Å²) in [6, 6.07) is 3.85. The van der Waals surface area contributed by atoms with Gasteiger partial charge in [-0.2, -0.15) is 17.2 Å². The number of carbonyl (C=O) groups is 2. The first kappa shape index (κ1) is 21.2. The molecule has 12 heteroatoms. The number of hydrogen-bond acceptors (Lipinski definition) is 5. The van der Waals surface area contributed by atoms with Gasteiger partial charge in [-0.1, -0.05) is 12.7 Å². The van der Waals surface area contributed by atoms with Gasteiger partial charge >= 0.3 is 21.5 Å². The predicted octanol–water partition coefficient (Wildman–Crippen LogP) is 2.24.